The largest absolute Gasteiger partial charge is 0.269 e. The highest BCUT2D eigenvalue weighted by molar-refractivity contribution is 7.98. The Balaban J connectivity index is 1.90. The van der Waals surface area contributed by atoms with Gasteiger partial charge in [-0.3, -0.25) is 9.20 Å². The summed E-state index contributed by atoms with van der Waals surface area (Å²) in [5.41, 5.74) is 2.40. The third-order valence-corrected chi connectivity index (χ3v) is 4.62. The fourth-order valence-electron chi connectivity index (χ4n) is 2.05. The number of halogens is 1. The fraction of sp³-hybridized carbons (Fsp3) is 0.125. The molecule has 0 unspecified atom stereocenters. The summed E-state index contributed by atoms with van der Waals surface area (Å²) in [6, 6.07) is 13.1. The van der Waals surface area contributed by atoms with E-state index in [1.807, 2.05) is 43.3 Å². The van der Waals surface area contributed by atoms with E-state index in [2.05, 4.69) is 4.98 Å². The first-order valence-electron chi connectivity index (χ1n) is 6.50. The molecule has 0 spiro atoms. The van der Waals surface area contributed by atoms with E-state index >= 15 is 0 Å². The first kappa shape index (κ1) is 14.2. The van der Waals surface area contributed by atoms with Crippen LogP contribution in [0.5, 0.6) is 0 Å². The van der Waals surface area contributed by atoms with E-state index in [-0.39, 0.29) is 5.56 Å². The predicted molar refractivity (Wildman–Crippen MR) is 87.2 cm³/mol. The molecule has 1 aromatic carbocycles. The molecule has 21 heavy (non-hydrogen) atoms. The Kier molecular flexibility index (Phi) is 3.99. The Bertz CT molecular complexity index is 860. The maximum absolute atomic E-state index is 12.1. The second-order valence-electron chi connectivity index (χ2n) is 4.74. The Morgan fingerprint density at radius 1 is 1.24 bits per heavy atom. The zero-order valence-electron chi connectivity index (χ0n) is 11.4. The number of thioether (sulfide) groups is 1. The molecule has 0 bridgehead atoms. The van der Waals surface area contributed by atoms with Crippen LogP contribution in [0.15, 0.2) is 58.4 Å². The van der Waals surface area contributed by atoms with Crippen molar-refractivity contribution >= 4 is 29.0 Å². The number of hydrogen-bond donors (Lipinski definition) is 0. The molecule has 0 radical (unpaired) electrons. The number of aryl methyl sites for hydroxylation is 1. The van der Waals surface area contributed by atoms with E-state index in [0.717, 1.165) is 21.2 Å². The molecule has 106 valence electrons. The van der Waals surface area contributed by atoms with Gasteiger partial charge in [0.05, 0.1) is 10.7 Å². The van der Waals surface area contributed by atoms with Crippen molar-refractivity contribution in [2.75, 3.05) is 0 Å². The van der Waals surface area contributed by atoms with E-state index < -0.39 is 0 Å². The summed E-state index contributed by atoms with van der Waals surface area (Å²) in [6.45, 7) is 1.95. The molecule has 0 amide bonds. The van der Waals surface area contributed by atoms with Crippen molar-refractivity contribution in [3.8, 4) is 0 Å². The van der Waals surface area contributed by atoms with Gasteiger partial charge in [0.2, 0.25) is 0 Å². The quantitative estimate of drug-likeness (QED) is 0.686. The van der Waals surface area contributed by atoms with Gasteiger partial charge in [0.1, 0.15) is 5.65 Å². The van der Waals surface area contributed by atoms with E-state index in [1.54, 1.807) is 28.4 Å². The molecule has 0 saturated carbocycles. The maximum Gasteiger partial charge on any atom is 0.258 e. The second-order valence-corrected chi connectivity index (χ2v) is 6.16. The van der Waals surface area contributed by atoms with Crippen LogP contribution in [0.4, 0.5) is 0 Å². The van der Waals surface area contributed by atoms with Crippen LogP contribution in [0.1, 0.15) is 11.3 Å². The van der Waals surface area contributed by atoms with Gasteiger partial charge < -0.3 is 0 Å². The van der Waals surface area contributed by atoms with Crippen LogP contribution in [0.3, 0.4) is 0 Å². The molecular weight excluding hydrogens is 304 g/mol. The average molecular weight is 317 g/mol. The Morgan fingerprint density at radius 2 is 2.05 bits per heavy atom. The van der Waals surface area contributed by atoms with Gasteiger partial charge in [0.15, 0.2) is 0 Å². The Hall–Kier alpha value is -1.78. The molecule has 0 aliphatic rings. The molecule has 0 fully saturated rings. The summed E-state index contributed by atoms with van der Waals surface area (Å²) in [7, 11) is 0. The SMILES string of the molecule is Cc1ccc2nc(CSc3ccccc3Cl)cc(=O)n2c1. The topological polar surface area (TPSA) is 34.4 Å². The molecule has 2 aromatic heterocycles. The molecule has 3 nitrogen and oxygen atoms in total. The first-order chi connectivity index (χ1) is 10.1. The molecule has 0 atom stereocenters. The lowest BCUT2D eigenvalue weighted by Gasteiger charge is -2.06. The molecule has 2 heterocycles. The van der Waals surface area contributed by atoms with Crippen LogP contribution in [0.25, 0.3) is 5.65 Å². The van der Waals surface area contributed by atoms with Gasteiger partial charge in [-0.05, 0) is 30.7 Å². The van der Waals surface area contributed by atoms with Crippen LogP contribution in [-0.2, 0) is 5.75 Å². The van der Waals surface area contributed by atoms with Crippen molar-refractivity contribution in [3.63, 3.8) is 0 Å². The predicted octanol–water partition coefficient (Wildman–Crippen LogP) is 3.95. The molecule has 0 aliphatic heterocycles. The van der Waals surface area contributed by atoms with E-state index in [4.69, 9.17) is 11.6 Å². The Morgan fingerprint density at radius 3 is 2.86 bits per heavy atom. The highest BCUT2D eigenvalue weighted by atomic mass is 35.5. The van der Waals surface area contributed by atoms with Gasteiger partial charge in [0.25, 0.3) is 5.56 Å². The zero-order valence-corrected chi connectivity index (χ0v) is 13.0. The van der Waals surface area contributed by atoms with Gasteiger partial charge in [0, 0.05) is 22.9 Å². The van der Waals surface area contributed by atoms with Crippen molar-refractivity contribution < 1.29 is 0 Å². The van der Waals surface area contributed by atoms with Crippen molar-refractivity contribution in [2.24, 2.45) is 0 Å². The standard InChI is InChI=1S/C16H13ClN2OS/c1-11-6-7-15-18-12(8-16(20)19(15)9-11)10-21-14-5-3-2-4-13(14)17/h2-9H,10H2,1H3. The lowest BCUT2D eigenvalue weighted by Crippen LogP contribution is -2.15. The smallest absolute Gasteiger partial charge is 0.258 e. The van der Waals surface area contributed by atoms with E-state index in [0.29, 0.717) is 11.4 Å². The number of pyridine rings is 1. The third kappa shape index (κ3) is 3.12. The minimum absolute atomic E-state index is 0.0570. The summed E-state index contributed by atoms with van der Waals surface area (Å²) in [6.07, 6.45) is 1.80. The van der Waals surface area contributed by atoms with Crippen LogP contribution in [0.2, 0.25) is 5.02 Å². The summed E-state index contributed by atoms with van der Waals surface area (Å²) in [5.74, 6) is 0.614. The highest BCUT2D eigenvalue weighted by Crippen LogP contribution is 2.28. The second kappa shape index (κ2) is 5.92. The van der Waals surface area contributed by atoms with Crippen LogP contribution in [0, 0.1) is 6.92 Å². The number of nitrogens with zero attached hydrogens (tertiary/aromatic N) is 2. The molecule has 3 aromatic rings. The zero-order chi connectivity index (χ0) is 14.8. The number of aromatic nitrogens is 2. The number of hydrogen-bond acceptors (Lipinski definition) is 3. The molecule has 5 heteroatoms. The summed E-state index contributed by atoms with van der Waals surface area (Å²) < 4.78 is 1.57. The number of fused-ring (bicyclic) bond motifs is 1. The van der Waals surface area contributed by atoms with Crippen LogP contribution >= 0.6 is 23.4 Å². The highest BCUT2D eigenvalue weighted by Gasteiger charge is 2.05. The van der Waals surface area contributed by atoms with Gasteiger partial charge in [-0.25, -0.2) is 4.98 Å². The van der Waals surface area contributed by atoms with E-state index in [1.165, 1.54) is 0 Å². The van der Waals surface area contributed by atoms with Crippen molar-refractivity contribution in [3.05, 3.63) is 75.3 Å². The molecule has 3 rings (SSSR count). The van der Waals surface area contributed by atoms with Gasteiger partial charge >= 0.3 is 0 Å². The maximum atomic E-state index is 12.1. The normalized spacial score (nSPS) is 11.0. The minimum Gasteiger partial charge on any atom is -0.269 e. The summed E-state index contributed by atoms with van der Waals surface area (Å²) in [4.78, 5) is 17.6. The monoisotopic (exact) mass is 316 g/mol. The molecule has 0 saturated heterocycles. The van der Waals surface area contributed by atoms with Crippen molar-refractivity contribution in [1.82, 2.24) is 9.38 Å². The van der Waals surface area contributed by atoms with E-state index in [9.17, 15) is 4.79 Å². The fourth-order valence-corrected chi connectivity index (χ4v) is 3.18. The summed E-state index contributed by atoms with van der Waals surface area (Å²) >= 11 is 7.71. The van der Waals surface area contributed by atoms with Gasteiger partial charge in [-0.1, -0.05) is 29.8 Å². The lowest BCUT2D eigenvalue weighted by molar-refractivity contribution is 1.00. The summed E-state index contributed by atoms with van der Waals surface area (Å²) in [5, 5.41) is 0.718. The van der Waals surface area contributed by atoms with Crippen LogP contribution in [-0.4, -0.2) is 9.38 Å². The average Bonchev–Trinajstić information content (AvgIpc) is 2.47. The molecule has 0 N–H and O–H groups in total. The first-order valence-corrected chi connectivity index (χ1v) is 7.86. The number of rotatable bonds is 3. The lowest BCUT2D eigenvalue weighted by atomic mass is 10.3. The molecular formula is C16H13ClN2OS. The van der Waals surface area contributed by atoms with Crippen LogP contribution < -0.4 is 5.56 Å². The van der Waals surface area contributed by atoms with Crippen molar-refractivity contribution in [2.45, 2.75) is 17.6 Å². The molecule has 0 aliphatic carbocycles. The number of benzene rings is 1. The van der Waals surface area contributed by atoms with Gasteiger partial charge in [-0.15, -0.1) is 11.8 Å². The minimum atomic E-state index is -0.0570. The van der Waals surface area contributed by atoms with Gasteiger partial charge in [-0.2, -0.15) is 0 Å². The Labute approximate surface area is 131 Å². The van der Waals surface area contributed by atoms with Crippen molar-refractivity contribution in [1.29, 1.82) is 0 Å². The third-order valence-electron chi connectivity index (χ3n) is 3.07.